The van der Waals surface area contributed by atoms with E-state index in [-0.39, 0.29) is 23.6 Å². The van der Waals surface area contributed by atoms with E-state index in [4.69, 9.17) is 15.9 Å². The van der Waals surface area contributed by atoms with Crippen LogP contribution in [0.4, 0.5) is 0 Å². The van der Waals surface area contributed by atoms with Gasteiger partial charge >= 0.3 is 5.97 Å². The zero-order valence-corrected chi connectivity index (χ0v) is 19.9. The van der Waals surface area contributed by atoms with Crippen molar-refractivity contribution in [2.75, 3.05) is 7.11 Å². The largest absolute Gasteiger partial charge is 0.469 e. The molecule has 0 aromatic rings. The number of carbonyl (C=O) groups excluding carboxylic acids is 1. The minimum atomic E-state index is -0.207. The van der Waals surface area contributed by atoms with Crippen molar-refractivity contribution in [3.63, 3.8) is 0 Å². The number of hydrogen-bond acceptors (Lipinski definition) is 4. The van der Waals surface area contributed by atoms with Gasteiger partial charge in [-0.1, -0.05) is 27.2 Å². The van der Waals surface area contributed by atoms with Gasteiger partial charge in [-0.25, -0.2) is 0 Å². The number of esters is 1. The summed E-state index contributed by atoms with van der Waals surface area (Å²) in [5, 5.41) is 11.4. The number of methoxy groups -OCH3 is 1. The number of carbonyl (C=O) groups is 1. The molecule has 4 fully saturated rings. The predicted octanol–water partition coefficient (Wildman–Crippen LogP) is 5.18. The average Bonchev–Trinajstić information content (AvgIpc) is 3.10. The molecule has 0 saturated heterocycles. The molecule has 4 heteroatoms. The van der Waals surface area contributed by atoms with Crippen LogP contribution in [0.3, 0.4) is 0 Å². The molecule has 0 heterocycles. The Morgan fingerprint density at radius 2 is 1.84 bits per heavy atom. The molecule has 1 unspecified atom stereocenters. The Balaban J connectivity index is 1.51. The summed E-state index contributed by atoms with van der Waals surface area (Å²) in [6.07, 6.45) is 18.2. The van der Waals surface area contributed by atoms with Crippen LogP contribution in [0.2, 0.25) is 0 Å². The van der Waals surface area contributed by atoms with Gasteiger partial charge in [-0.15, -0.1) is 0 Å². The smallest absolute Gasteiger partial charge is 0.305 e. The summed E-state index contributed by atoms with van der Waals surface area (Å²) < 4.78 is 10.4. The predicted molar refractivity (Wildman–Crippen MR) is 121 cm³/mol. The van der Waals surface area contributed by atoms with Gasteiger partial charge in [-0.05, 0) is 104 Å². The second-order valence-corrected chi connectivity index (χ2v) is 11.7. The van der Waals surface area contributed by atoms with Crippen LogP contribution in [0.15, 0.2) is 0 Å². The van der Waals surface area contributed by atoms with Crippen molar-refractivity contribution in [1.29, 1.82) is 0 Å². The molecule has 0 aliphatic heterocycles. The van der Waals surface area contributed by atoms with Crippen molar-refractivity contribution in [2.24, 2.45) is 46.3 Å². The minimum absolute atomic E-state index is 0.0960. The Bertz CT molecular complexity index is 713. The fraction of sp³-hybridized carbons (Fsp3) is 0.889. The van der Waals surface area contributed by atoms with Crippen molar-refractivity contribution in [3.8, 4) is 12.5 Å². The molecule has 4 saturated carbocycles. The molecule has 4 nitrogen and oxygen atoms in total. The standard InChI is InChI=1S/C27H42O4/c1-6-31-19-11-13-26(3)18(15-19)16-23(28)25-21-9-8-20(17(2)7-10-24(29)30-5)27(21,4)14-12-22(25)26/h1,17-23,25,28H,7-16H2,2-5H3/t17-,18?,19-,20-,21+,22+,23+,25+,26+,27-/m1/s1. The first-order valence-corrected chi connectivity index (χ1v) is 12.6. The van der Waals surface area contributed by atoms with Gasteiger partial charge in [-0.2, -0.15) is 0 Å². The molecule has 1 N–H and O–H groups in total. The molecule has 10 atom stereocenters. The third-order valence-electron chi connectivity index (χ3n) is 10.7. The van der Waals surface area contributed by atoms with Crippen LogP contribution in [0.5, 0.6) is 0 Å². The maximum absolute atomic E-state index is 11.7. The SMILES string of the molecule is C#CO[C@@H]1CC[C@@]2(C)C(C1)C[C@H](O)[C@H]1[C@@H]3CC[C@H]([C@H](C)CCC(=O)OC)[C@@]3(C)CC[C@@H]12. The van der Waals surface area contributed by atoms with Crippen molar-refractivity contribution in [2.45, 2.75) is 97.2 Å². The van der Waals surface area contributed by atoms with Crippen molar-refractivity contribution >= 4 is 5.97 Å². The van der Waals surface area contributed by atoms with Crippen LogP contribution >= 0.6 is 0 Å². The van der Waals surface area contributed by atoms with Crippen molar-refractivity contribution < 1.29 is 19.4 Å². The highest BCUT2D eigenvalue weighted by atomic mass is 16.5. The lowest BCUT2D eigenvalue weighted by Gasteiger charge is -2.62. The Morgan fingerprint density at radius 3 is 2.55 bits per heavy atom. The molecular weight excluding hydrogens is 388 g/mol. The zero-order valence-electron chi connectivity index (χ0n) is 19.9. The second-order valence-electron chi connectivity index (χ2n) is 11.7. The van der Waals surface area contributed by atoms with Crippen LogP contribution in [0.1, 0.15) is 85.0 Å². The molecule has 0 amide bonds. The Morgan fingerprint density at radius 1 is 1.13 bits per heavy atom. The molecule has 0 radical (unpaired) electrons. The lowest BCUT2D eigenvalue weighted by molar-refractivity contribution is -0.174. The Hall–Kier alpha value is -1.21. The number of terminal acetylenes is 1. The molecule has 4 rings (SSSR count). The summed E-state index contributed by atoms with van der Waals surface area (Å²) in [5.74, 6) is 3.20. The van der Waals surface area contributed by atoms with Crippen LogP contribution in [0.25, 0.3) is 0 Å². The maximum Gasteiger partial charge on any atom is 0.305 e. The van der Waals surface area contributed by atoms with Crippen LogP contribution < -0.4 is 0 Å². The lowest BCUT2D eigenvalue weighted by atomic mass is 9.43. The molecule has 0 spiro atoms. The highest BCUT2D eigenvalue weighted by Crippen LogP contribution is 2.68. The Kier molecular flexibility index (Phi) is 6.39. The number of fused-ring (bicyclic) bond motifs is 5. The van der Waals surface area contributed by atoms with E-state index in [1.807, 2.05) is 0 Å². The van der Waals surface area contributed by atoms with Crippen LogP contribution in [-0.2, 0) is 14.3 Å². The number of rotatable bonds is 5. The summed E-state index contributed by atoms with van der Waals surface area (Å²) in [7, 11) is 1.48. The monoisotopic (exact) mass is 430 g/mol. The highest BCUT2D eigenvalue weighted by molar-refractivity contribution is 5.69. The number of aliphatic hydroxyl groups is 1. The molecule has 4 aliphatic rings. The van der Waals surface area contributed by atoms with E-state index in [0.29, 0.717) is 47.3 Å². The van der Waals surface area contributed by atoms with Crippen LogP contribution in [0, 0.1) is 58.9 Å². The highest BCUT2D eigenvalue weighted by Gasteiger charge is 2.63. The zero-order chi connectivity index (χ0) is 22.4. The molecule has 31 heavy (non-hydrogen) atoms. The number of hydrogen-bond donors (Lipinski definition) is 1. The first-order chi connectivity index (χ1) is 14.7. The van der Waals surface area contributed by atoms with Gasteiger partial charge in [0, 0.05) is 6.42 Å². The van der Waals surface area contributed by atoms with Gasteiger partial charge in [-0.3, -0.25) is 4.79 Å². The third-order valence-corrected chi connectivity index (χ3v) is 10.7. The van der Waals surface area contributed by atoms with Crippen LogP contribution in [-0.4, -0.2) is 30.4 Å². The Labute approximate surface area is 188 Å². The minimum Gasteiger partial charge on any atom is -0.469 e. The van der Waals surface area contributed by atoms with Gasteiger partial charge in [0.25, 0.3) is 0 Å². The third kappa shape index (κ3) is 3.79. The van der Waals surface area contributed by atoms with Gasteiger partial charge in [0.1, 0.15) is 12.2 Å². The topological polar surface area (TPSA) is 55.8 Å². The second kappa shape index (κ2) is 8.62. The first-order valence-electron chi connectivity index (χ1n) is 12.6. The fourth-order valence-electron chi connectivity index (χ4n) is 9.01. The van der Waals surface area contributed by atoms with Gasteiger partial charge in [0.2, 0.25) is 0 Å². The first kappa shape index (κ1) is 23.0. The summed E-state index contributed by atoms with van der Waals surface area (Å²) in [6, 6.07) is 0. The quantitative estimate of drug-likeness (QED) is 0.482. The van der Waals surface area contributed by atoms with Gasteiger partial charge in [0.15, 0.2) is 0 Å². The summed E-state index contributed by atoms with van der Waals surface area (Å²) in [4.78, 5) is 11.7. The molecule has 4 aliphatic carbocycles. The van der Waals surface area contributed by atoms with E-state index in [0.717, 1.165) is 25.7 Å². The van der Waals surface area contributed by atoms with E-state index in [9.17, 15) is 9.90 Å². The van der Waals surface area contributed by atoms with E-state index >= 15 is 0 Å². The maximum atomic E-state index is 11.7. The van der Waals surface area contributed by atoms with E-state index in [1.54, 1.807) is 0 Å². The summed E-state index contributed by atoms with van der Waals surface area (Å²) in [6.45, 7) is 7.33. The molecule has 0 aromatic heterocycles. The van der Waals surface area contributed by atoms with Crippen molar-refractivity contribution in [1.82, 2.24) is 0 Å². The van der Waals surface area contributed by atoms with Gasteiger partial charge in [0.05, 0.1) is 13.2 Å². The molecule has 0 bridgehead atoms. The van der Waals surface area contributed by atoms with Gasteiger partial charge < -0.3 is 14.6 Å². The van der Waals surface area contributed by atoms with E-state index in [2.05, 4.69) is 26.9 Å². The van der Waals surface area contributed by atoms with Crippen molar-refractivity contribution in [3.05, 3.63) is 0 Å². The number of ether oxygens (including phenoxy) is 2. The average molecular weight is 431 g/mol. The fourth-order valence-corrected chi connectivity index (χ4v) is 9.01. The molecule has 0 aromatic carbocycles. The molecular formula is C27H42O4. The van der Waals surface area contributed by atoms with E-state index < -0.39 is 0 Å². The lowest BCUT2D eigenvalue weighted by Crippen LogP contribution is -2.58. The summed E-state index contributed by atoms with van der Waals surface area (Å²) in [5.41, 5.74) is 0.582. The van der Waals surface area contributed by atoms with E-state index in [1.165, 1.54) is 39.2 Å². The normalized spacial score (nSPS) is 47.3. The molecule has 174 valence electrons. The summed E-state index contributed by atoms with van der Waals surface area (Å²) >= 11 is 0. The number of aliphatic hydroxyl groups excluding tert-OH is 1.